The Morgan fingerprint density at radius 2 is 1.43 bits per heavy atom. The minimum atomic E-state index is 0. The molecule has 0 aliphatic carbocycles. The Morgan fingerprint density at radius 1 is 1.29 bits per heavy atom. The lowest BCUT2D eigenvalue weighted by Gasteiger charge is -2.11. The fourth-order valence-electron chi connectivity index (χ4n) is 0. The maximum Gasteiger partial charge on any atom is 0.300 e. The van der Waals surface area contributed by atoms with Crippen molar-refractivity contribution in [2.45, 2.75) is 0 Å². The summed E-state index contributed by atoms with van der Waals surface area (Å²) in [6.45, 7) is 0. The monoisotopic (exact) mass is 123 g/mol. The maximum absolute atomic E-state index is 9.80. The number of nitrogens with zero attached hydrogens (tertiary/aromatic N) is 1. The van der Waals surface area contributed by atoms with E-state index in [-0.39, 0.29) is 12.4 Å². The summed E-state index contributed by atoms with van der Waals surface area (Å²) in [5.74, 6) is 0. The van der Waals surface area contributed by atoms with E-state index in [2.05, 4.69) is 0 Å². The Labute approximate surface area is 50.1 Å². The Kier molecular flexibility index (Phi) is 4.28. The van der Waals surface area contributed by atoms with Crippen molar-refractivity contribution < 1.29 is 21.7 Å². The van der Waals surface area contributed by atoms with Gasteiger partial charge in [-0.15, -0.1) is 0 Å². The molecule has 0 saturated heterocycles. The topological polar surface area (TPSA) is 17.1 Å². The van der Waals surface area contributed by atoms with Gasteiger partial charge in [0, 0.05) is 0 Å². The van der Waals surface area contributed by atoms with Crippen molar-refractivity contribution in [3.63, 3.8) is 0 Å². The van der Waals surface area contributed by atoms with E-state index in [0.29, 0.717) is 4.48 Å². The summed E-state index contributed by atoms with van der Waals surface area (Å²) < 4.78 is 0.389. The molecular formula is C4H10ClNO. The predicted molar refractivity (Wildman–Crippen MR) is 24.1 cm³/mol. The van der Waals surface area contributed by atoms with Gasteiger partial charge in [0.25, 0.3) is 0 Å². The van der Waals surface area contributed by atoms with Crippen molar-refractivity contribution in [3.05, 3.63) is 0 Å². The van der Waals surface area contributed by atoms with Crippen LogP contribution in [0.15, 0.2) is 0 Å². The van der Waals surface area contributed by atoms with Crippen molar-refractivity contribution in [2.24, 2.45) is 0 Å². The average Bonchev–Trinajstić information content (AvgIpc) is 1.35. The van der Waals surface area contributed by atoms with Crippen LogP contribution in [0.5, 0.6) is 0 Å². The van der Waals surface area contributed by atoms with Gasteiger partial charge in [0.1, 0.15) is 0 Å². The van der Waals surface area contributed by atoms with Gasteiger partial charge in [0.15, 0.2) is 0 Å². The summed E-state index contributed by atoms with van der Waals surface area (Å²) >= 11 is 0. The molecule has 0 heterocycles. The molecular weight excluding hydrogens is 114 g/mol. The molecule has 0 bridgehead atoms. The summed E-state index contributed by atoms with van der Waals surface area (Å²) in [6, 6.07) is 0. The SMILES string of the molecule is C[N+](C)(C)C=O.[Cl-]. The zero-order valence-electron chi connectivity index (χ0n) is 4.81. The molecule has 0 radical (unpaired) electrons. The first-order valence-electron chi connectivity index (χ1n) is 1.84. The second-order valence-electron chi connectivity index (χ2n) is 2.22. The van der Waals surface area contributed by atoms with E-state index in [1.54, 1.807) is 0 Å². The first-order chi connectivity index (χ1) is 2.56. The molecule has 0 aromatic heterocycles. The fraction of sp³-hybridized carbons (Fsp3) is 0.750. The third-order valence-corrected chi connectivity index (χ3v) is 0.316. The molecule has 1 amide bonds. The van der Waals surface area contributed by atoms with Crippen LogP contribution in [0, 0.1) is 0 Å². The van der Waals surface area contributed by atoms with Crippen LogP contribution in [0.1, 0.15) is 0 Å². The third-order valence-electron chi connectivity index (χ3n) is 0.316. The standard InChI is InChI=1S/C4H10NO.ClH/c1-5(2,3)4-6;/h4H,1-3H3;1H/q+1;/p-1. The van der Waals surface area contributed by atoms with Gasteiger partial charge in [0.2, 0.25) is 0 Å². The van der Waals surface area contributed by atoms with Gasteiger partial charge in [-0.1, -0.05) is 0 Å². The smallest absolute Gasteiger partial charge is 0.300 e. The Hall–Kier alpha value is -0.0800. The zero-order valence-corrected chi connectivity index (χ0v) is 5.57. The number of hydrogen-bond acceptors (Lipinski definition) is 1. The minimum Gasteiger partial charge on any atom is -1.00 e. The fourth-order valence-corrected chi connectivity index (χ4v) is 0. The van der Waals surface area contributed by atoms with E-state index in [1.807, 2.05) is 21.1 Å². The molecule has 7 heavy (non-hydrogen) atoms. The van der Waals surface area contributed by atoms with E-state index < -0.39 is 0 Å². The van der Waals surface area contributed by atoms with Gasteiger partial charge in [-0.3, -0.25) is 4.48 Å². The summed E-state index contributed by atoms with van der Waals surface area (Å²) in [4.78, 5) is 9.80. The lowest BCUT2D eigenvalue weighted by atomic mass is 10.8. The molecule has 0 atom stereocenters. The Morgan fingerprint density at radius 3 is 1.43 bits per heavy atom. The maximum atomic E-state index is 9.80. The van der Waals surface area contributed by atoms with Crippen molar-refractivity contribution in [3.8, 4) is 0 Å². The van der Waals surface area contributed by atoms with Gasteiger partial charge >= 0.3 is 6.41 Å². The molecule has 0 aromatic carbocycles. The zero-order chi connectivity index (χ0) is 5.21. The van der Waals surface area contributed by atoms with Crippen LogP contribution in [-0.4, -0.2) is 32.0 Å². The molecule has 0 rings (SSSR count). The molecule has 0 fully saturated rings. The molecule has 3 heteroatoms. The van der Waals surface area contributed by atoms with E-state index >= 15 is 0 Å². The van der Waals surface area contributed by atoms with Crippen LogP contribution in [0.2, 0.25) is 0 Å². The molecule has 0 saturated carbocycles. The van der Waals surface area contributed by atoms with Gasteiger partial charge < -0.3 is 12.4 Å². The van der Waals surface area contributed by atoms with Gasteiger partial charge in [0.05, 0.1) is 21.1 Å². The van der Waals surface area contributed by atoms with Crippen LogP contribution in [-0.2, 0) is 4.79 Å². The molecule has 0 aromatic rings. The lowest BCUT2D eigenvalue weighted by Crippen LogP contribution is -3.00. The Bertz CT molecular complexity index is 57.2. The molecule has 2 nitrogen and oxygen atoms in total. The van der Waals surface area contributed by atoms with Crippen molar-refractivity contribution in [1.82, 2.24) is 0 Å². The van der Waals surface area contributed by atoms with Crippen LogP contribution < -0.4 is 12.4 Å². The average molecular weight is 124 g/mol. The number of carbonyl (C=O) groups is 1. The molecule has 44 valence electrons. The molecule has 0 N–H and O–H groups in total. The number of quaternary nitrogens is 1. The molecule has 0 unspecified atom stereocenters. The highest BCUT2D eigenvalue weighted by Crippen LogP contribution is 1.76. The first-order valence-corrected chi connectivity index (χ1v) is 1.84. The first kappa shape index (κ1) is 10.0. The second kappa shape index (κ2) is 2.99. The minimum absolute atomic E-state index is 0. The molecule has 0 aliphatic heterocycles. The summed E-state index contributed by atoms with van der Waals surface area (Å²) in [5.41, 5.74) is 0. The van der Waals surface area contributed by atoms with Crippen molar-refractivity contribution in [2.75, 3.05) is 21.1 Å². The molecule has 0 aliphatic rings. The van der Waals surface area contributed by atoms with E-state index in [9.17, 15) is 4.79 Å². The molecule has 0 spiro atoms. The van der Waals surface area contributed by atoms with Gasteiger partial charge in [-0.25, -0.2) is 4.79 Å². The number of carbonyl (C=O) groups excluding carboxylic acids is 1. The van der Waals surface area contributed by atoms with Crippen LogP contribution in [0.25, 0.3) is 0 Å². The number of rotatable bonds is 1. The third kappa shape index (κ3) is 10.7. The summed E-state index contributed by atoms with van der Waals surface area (Å²) in [7, 11) is 5.44. The number of halogens is 1. The summed E-state index contributed by atoms with van der Waals surface area (Å²) in [6.07, 6.45) is 0.875. The van der Waals surface area contributed by atoms with Crippen LogP contribution in [0.3, 0.4) is 0 Å². The lowest BCUT2D eigenvalue weighted by molar-refractivity contribution is -0.782. The van der Waals surface area contributed by atoms with Crippen molar-refractivity contribution >= 4 is 6.41 Å². The quantitative estimate of drug-likeness (QED) is 0.266. The second-order valence-corrected chi connectivity index (χ2v) is 2.22. The van der Waals surface area contributed by atoms with Crippen molar-refractivity contribution in [1.29, 1.82) is 0 Å². The highest BCUT2D eigenvalue weighted by molar-refractivity contribution is 5.35. The largest absolute Gasteiger partial charge is 1.00 e. The number of amides is 1. The highest BCUT2D eigenvalue weighted by Gasteiger charge is 1.99. The van der Waals surface area contributed by atoms with Crippen LogP contribution in [0.4, 0.5) is 0 Å². The van der Waals surface area contributed by atoms with E-state index in [0.717, 1.165) is 6.41 Å². The van der Waals surface area contributed by atoms with E-state index in [1.165, 1.54) is 0 Å². The normalized spacial score (nSPS) is 9.57. The number of hydrogen-bond donors (Lipinski definition) is 0. The predicted octanol–water partition coefficient (Wildman–Crippen LogP) is -3.15. The van der Waals surface area contributed by atoms with Crippen LogP contribution >= 0.6 is 0 Å². The van der Waals surface area contributed by atoms with Gasteiger partial charge in [-0.05, 0) is 0 Å². The Balaban J connectivity index is 0. The van der Waals surface area contributed by atoms with Gasteiger partial charge in [-0.2, -0.15) is 0 Å². The highest BCUT2D eigenvalue weighted by atomic mass is 35.5. The van der Waals surface area contributed by atoms with E-state index in [4.69, 9.17) is 0 Å². The summed E-state index contributed by atoms with van der Waals surface area (Å²) in [5, 5.41) is 0.